The minimum Gasteiger partial charge on any atom is -0.330 e. The van der Waals surface area contributed by atoms with E-state index in [0.29, 0.717) is 5.92 Å². The van der Waals surface area contributed by atoms with Crippen molar-refractivity contribution in [2.75, 3.05) is 19.6 Å². The lowest BCUT2D eigenvalue weighted by Gasteiger charge is -2.16. The van der Waals surface area contributed by atoms with E-state index in [1.165, 1.54) is 12.1 Å². The summed E-state index contributed by atoms with van der Waals surface area (Å²) in [6.07, 6.45) is 6.76. The molecule has 2 aromatic heterocycles. The van der Waals surface area contributed by atoms with Gasteiger partial charge in [-0.25, -0.2) is 9.97 Å². The largest absolute Gasteiger partial charge is 0.330 e. The van der Waals surface area contributed by atoms with Gasteiger partial charge in [0.25, 0.3) is 0 Å². The first-order valence-electron chi connectivity index (χ1n) is 6.73. The highest BCUT2D eigenvalue weighted by molar-refractivity contribution is 5.20. The van der Waals surface area contributed by atoms with Gasteiger partial charge in [0.05, 0.1) is 0 Å². The molecule has 1 aliphatic heterocycles. The molecular weight excluding hydrogens is 238 g/mol. The lowest BCUT2D eigenvalue weighted by Crippen LogP contribution is -2.24. The number of rotatable bonds is 4. The third kappa shape index (κ3) is 2.67. The molecule has 0 aromatic carbocycles. The molecule has 3 rings (SSSR count). The molecule has 0 radical (unpaired) electrons. The second-order valence-corrected chi connectivity index (χ2v) is 5.04. The van der Waals surface area contributed by atoms with Gasteiger partial charge in [0.2, 0.25) is 5.95 Å². The normalized spacial score (nSPS) is 19.9. The average Bonchev–Trinajstić information content (AvgIpc) is 3.09. The predicted octanol–water partition coefficient (Wildman–Crippen LogP) is 1.05. The fourth-order valence-corrected chi connectivity index (χ4v) is 2.63. The van der Waals surface area contributed by atoms with Crippen molar-refractivity contribution >= 4 is 0 Å². The summed E-state index contributed by atoms with van der Waals surface area (Å²) in [6.45, 7) is 3.95. The van der Waals surface area contributed by atoms with Crippen LogP contribution in [0.3, 0.4) is 0 Å². The molecule has 1 atom stereocenters. The van der Waals surface area contributed by atoms with Crippen LogP contribution in [0.5, 0.6) is 0 Å². The van der Waals surface area contributed by atoms with E-state index < -0.39 is 0 Å². The van der Waals surface area contributed by atoms with E-state index in [2.05, 4.69) is 25.5 Å². The van der Waals surface area contributed by atoms with Crippen LogP contribution in [0, 0.1) is 5.92 Å². The van der Waals surface area contributed by atoms with Crippen LogP contribution >= 0.6 is 0 Å². The number of nitrogens with zero attached hydrogens (tertiary/aromatic N) is 4. The number of hydrogen-bond donors (Lipinski definition) is 1. The molecule has 100 valence electrons. The minimum absolute atomic E-state index is 0.649. The van der Waals surface area contributed by atoms with E-state index in [0.717, 1.165) is 32.1 Å². The summed E-state index contributed by atoms with van der Waals surface area (Å²) >= 11 is 0. The summed E-state index contributed by atoms with van der Waals surface area (Å²) in [6, 6.07) is 6.01. The molecule has 0 spiro atoms. The van der Waals surface area contributed by atoms with Gasteiger partial charge < -0.3 is 5.73 Å². The van der Waals surface area contributed by atoms with Gasteiger partial charge in [-0.3, -0.25) is 9.47 Å². The van der Waals surface area contributed by atoms with E-state index in [1.54, 1.807) is 12.4 Å². The Hall–Kier alpha value is -1.72. The first-order chi connectivity index (χ1) is 9.36. The second kappa shape index (κ2) is 5.50. The van der Waals surface area contributed by atoms with Crippen molar-refractivity contribution < 1.29 is 0 Å². The summed E-state index contributed by atoms with van der Waals surface area (Å²) in [4.78, 5) is 11.1. The number of likely N-dealkylation sites (tertiary alicyclic amines) is 1. The molecule has 2 aromatic rings. The molecule has 2 N–H and O–H groups in total. The summed E-state index contributed by atoms with van der Waals surface area (Å²) in [5, 5.41) is 0. The van der Waals surface area contributed by atoms with Crippen molar-refractivity contribution in [1.29, 1.82) is 0 Å². The molecule has 1 aliphatic rings. The highest BCUT2D eigenvalue weighted by Crippen LogP contribution is 2.18. The van der Waals surface area contributed by atoms with E-state index >= 15 is 0 Å². The van der Waals surface area contributed by atoms with Crippen LogP contribution in [-0.4, -0.2) is 39.1 Å². The third-order valence-corrected chi connectivity index (χ3v) is 3.69. The van der Waals surface area contributed by atoms with Gasteiger partial charge in [-0.15, -0.1) is 0 Å². The Bertz CT molecular complexity index is 522. The van der Waals surface area contributed by atoms with E-state index in [9.17, 15) is 0 Å². The molecule has 5 heteroatoms. The molecular formula is C14H19N5. The molecule has 1 fully saturated rings. The predicted molar refractivity (Wildman–Crippen MR) is 73.8 cm³/mol. The fraction of sp³-hybridized carbons (Fsp3) is 0.429. The van der Waals surface area contributed by atoms with Gasteiger partial charge in [-0.05, 0) is 43.6 Å². The second-order valence-electron chi connectivity index (χ2n) is 5.04. The number of hydrogen-bond acceptors (Lipinski definition) is 4. The Morgan fingerprint density at radius 1 is 1.26 bits per heavy atom. The summed E-state index contributed by atoms with van der Waals surface area (Å²) < 4.78 is 2.05. The van der Waals surface area contributed by atoms with Crippen LogP contribution in [0.1, 0.15) is 12.1 Å². The molecule has 0 amide bonds. The van der Waals surface area contributed by atoms with Crippen LogP contribution in [0.15, 0.2) is 36.8 Å². The van der Waals surface area contributed by atoms with E-state index in [-0.39, 0.29) is 0 Å². The topological polar surface area (TPSA) is 60.0 Å². The fourth-order valence-electron chi connectivity index (χ4n) is 2.63. The van der Waals surface area contributed by atoms with Crippen molar-refractivity contribution in [1.82, 2.24) is 19.4 Å². The molecule has 3 heterocycles. The standard InChI is InChI=1S/C14H19N5/c15-9-12-4-8-18(10-12)11-13-3-1-7-19(13)14-16-5-2-6-17-14/h1-3,5-7,12H,4,8-11,15H2. The molecule has 0 saturated carbocycles. The van der Waals surface area contributed by atoms with Crippen molar-refractivity contribution in [2.24, 2.45) is 11.7 Å². The van der Waals surface area contributed by atoms with Gasteiger partial charge in [-0.1, -0.05) is 0 Å². The Balaban J connectivity index is 1.75. The zero-order valence-corrected chi connectivity index (χ0v) is 10.9. The van der Waals surface area contributed by atoms with Gasteiger partial charge in [0.15, 0.2) is 0 Å². The molecule has 0 aliphatic carbocycles. The molecule has 0 bridgehead atoms. The maximum Gasteiger partial charge on any atom is 0.233 e. The Morgan fingerprint density at radius 3 is 2.84 bits per heavy atom. The monoisotopic (exact) mass is 257 g/mol. The highest BCUT2D eigenvalue weighted by Gasteiger charge is 2.22. The maximum atomic E-state index is 5.74. The number of aromatic nitrogens is 3. The molecule has 1 saturated heterocycles. The van der Waals surface area contributed by atoms with Gasteiger partial charge in [-0.2, -0.15) is 0 Å². The first-order valence-corrected chi connectivity index (χ1v) is 6.73. The van der Waals surface area contributed by atoms with Crippen LogP contribution in [0.4, 0.5) is 0 Å². The summed E-state index contributed by atoms with van der Waals surface area (Å²) in [5.41, 5.74) is 6.96. The van der Waals surface area contributed by atoms with Crippen LogP contribution < -0.4 is 5.73 Å². The lowest BCUT2D eigenvalue weighted by molar-refractivity contribution is 0.312. The summed E-state index contributed by atoms with van der Waals surface area (Å²) in [5.74, 6) is 1.38. The maximum absolute atomic E-state index is 5.74. The quantitative estimate of drug-likeness (QED) is 0.889. The third-order valence-electron chi connectivity index (χ3n) is 3.69. The van der Waals surface area contributed by atoms with Gasteiger partial charge in [0, 0.05) is 37.4 Å². The average molecular weight is 257 g/mol. The van der Waals surface area contributed by atoms with Crippen molar-refractivity contribution in [3.63, 3.8) is 0 Å². The van der Waals surface area contributed by atoms with Crippen LogP contribution in [-0.2, 0) is 6.54 Å². The van der Waals surface area contributed by atoms with Crippen molar-refractivity contribution in [2.45, 2.75) is 13.0 Å². The first kappa shape index (κ1) is 12.3. The molecule has 5 nitrogen and oxygen atoms in total. The molecule has 1 unspecified atom stereocenters. The Morgan fingerprint density at radius 2 is 2.11 bits per heavy atom. The van der Waals surface area contributed by atoms with E-state index in [4.69, 9.17) is 5.73 Å². The Labute approximate surface area is 113 Å². The highest BCUT2D eigenvalue weighted by atomic mass is 15.2. The smallest absolute Gasteiger partial charge is 0.233 e. The SMILES string of the molecule is NCC1CCN(Cc2cccn2-c2ncccn2)C1. The van der Waals surface area contributed by atoms with Crippen molar-refractivity contribution in [3.05, 3.63) is 42.5 Å². The Kier molecular flexibility index (Phi) is 3.57. The minimum atomic E-state index is 0.649. The number of nitrogens with two attached hydrogens (primary N) is 1. The van der Waals surface area contributed by atoms with Crippen LogP contribution in [0.25, 0.3) is 5.95 Å². The lowest BCUT2D eigenvalue weighted by atomic mass is 10.1. The summed E-state index contributed by atoms with van der Waals surface area (Å²) in [7, 11) is 0. The van der Waals surface area contributed by atoms with E-state index in [1.807, 2.05) is 18.3 Å². The zero-order valence-electron chi connectivity index (χ0n) is 10.9. The van der Waals surface area contributed by atoms with Crippen molar-refractivity contribution in [3.8, 4) is 5.95 Å². The van der Waals surface area contributed by atoms with Crippen LogP contribution in [0.2, 0.25) is 0 Å². The van der Waals surface area contributed by atoms with Gasteiger partial charge in [0.1, 0.15) is 0 Å². The van der Waals surface area contributed by atoms with Gasteiger partial charge >= 0.3 is 0 Å². The zero-order chi connectivity index (χ0) is 13.1. The molecule has 19 heavy (non-hydrogen) atoms.